The highest BCUT2D eigenvalue weighted by Gasteiger charge is 2.17. The van der Waals surface area contributed by atoms with Crippen molar-refractivity contribution in [2.45, 2.75) is 39.8 Å². The number of thiazole rings is 1. The Labute approximate surface area is 122 Å². The fourth-order valence-electron chi connectivity index (χ4n) is 2.05. The number of nitrogens with one attached hydrogen (secondary N) is 1. The van der Waals surface area contributed by atoms with Crippen LogP contribution in [0.5, 0.6) is 0 Å². The van der Waals surface area contributed by atoms with Crippen LogP contribution in [0.4, 0.5) is 0 Å². The summed E-state index contributed by atoms with van der Waals surface area (Å²) < 4.78 is 3.99. The zero-order valence-corrected chi connectivity index (χ0v) is 13.0. The summed E-state index contributed by atoms with van der Waals surface area (Å²) in [5.74, 6) is 0.904. The molecular weight excluding hydrogens is 270 g/mol. The first-order valence-corrected chi connectivity index (χ1v) is 7.53. The molecule has 0 amide bonds. The van der Waals surface area contributed by atoms with Gasteiger partial charge < -0.3 is 5.32 Å². The van der Waals surface area contributed by atoms with Crippen LogP contribution in [0, 0.1) is 6.92 Å². The predicted molar refractivity (Wildman–Crippen MR) is 81.5 cm³/mol. The smallest absolute Gasteiger partial charge is 0.196 e. The number of hydrogen-bond acceptors (Lipinski definition) is 4. The summed E-state index contributed by atoms with van der Waals surface area (Å²) in [5, 5.41) is 9.97. The van der Waals surface area contributed by atoms with Crippen LogP contribution in [-0.2, 0) is 6.54 Å². The highest BCUT2D eigenvalue weighted by Crippen LogP contribution is 2.21. The molecule has 0 fully saturated rings. The molecule has 1 N–H and O–H groups in total. The van der Waals surface area contributed by atoms with Crippen LogP contribution in [-0.4, -0.2) is 24.7 Å². The van der Waals surface area contributed by atoms with Gasteiger partial charge in [0.25, 0.3) is 0 Å². The molecule has 0 aliphatic heterocycles. The molecule has 0 saturated heterocycles. The van der Waals surface area contributed by atoms with E-state index >= 15 is 0 Å². The number of hydrogen-bond donors (Lipinski definition) is 1. The molecule has 0 aliphatic carbocycles. The van der Waals surface area contributed by atoms with Crippen molar-refractivity contribution in [1.82, 2.24) is 24.5 Å². The third-order valence-electron chi connectivity index (χ3n) is 3.05. The van der Waals surface area contributed by atoms with Crippen molar-refractivity contribution in [1.29, 1.82) is 0 Å². The lowest BCUT2D eigenvalue weighted by Crippen LogP contribution is -2.35. The first-order valence-electron chi connectivity index (χ1n) is 6.65. The van der Waals surface area contributed by atoms with Crippen molar-refractivity contribution in [3.8, 4) is 5.82 Å². The topological polar surface area (TPSA) is 47.2 Å². The van der Waals surface area contributed by atoms with Crippen LogP contribution in [0.15, 0.2) is 24.0 Å². The Bertz CT molecular complexity index is 728. The van der Waals surface area contributed by atoms with Crippen molar-refractivity contribution in [2.75, 3.05) is 0 Å². The summed E-state index contributed by atoms with van der Waals surface area (Å²) in [6.07, 6.45) is 5.92. The van der Waals surface area contributed by atoms with Gasteiger partial charge in [-0.1, -0.05) is 0 Å². The number of imidazole rings is 1. The van der Waals surface area contributed by atoms with Gasteiger partial charge in [0.05, 0.1) is 11.9 Å². The summed E-state index contributed by atoms with van der Waals surface area (Å²) in [4.78, 5) is 5.70. The molecule has 0 atom stereocenters. The molecule has 0 radical (unpaired) electrons. The molecule has 3 aromatic heterocycles. The van der Waals surface area contributed by atoms with Gasteiger partial charge in [0.2, 0.25) is 0 Å². The van der Waals surface area contributed by atoms with Crippen molar-refractivity contribution in [3.63, 3.8) is 0 Å². The summed E-state index contributed by atoms with van der Waals surface area (Å²) in [6, 6.07) is 0. The van der Waals surface area contributed by atoms with Crippen molar-refractivity contribution in [3.05, 3.63) is 35.2 Å². The third kappa shape index (κ3) is 2.48. The standard InChI is InChI=1S/C14H19N5S/c1-10-7-16-19(9-10)12-11(8-15-14(2,3)4)18-5-6-20-13(18)17-12/h5-7,9,15H,8H2,1-4H3. The zero-order chi connectivity index (χ0) is 14.3. The fraction of sp³-hybridized carbons (Fsp3) is 0.429. The van der Waals surface area contributed by atoms with Crippen LogP contribution < -0.4 is 5.32 Å². The molecule has 0 bridgehead atoms. The van der Waals surface area contributed by atoms with Crippen molar-refractivity contribution < 1.29 is 0 Å². The van der Waals surface area contributed by atoms with Gasteiger partial charge in [-0.15, -0.1) is 11.3 Å². The van der Waals surface area contributed by atoms with Gasteiger partial charge in [0.15, 0.2) is 10.8 Å². The van der Waals surface area contributed by atoms with Gasteiger partial charge in [-0.2, -0.15) is 10.1 Å². The number of rotatable bonds is 3. The SMILES string of the molecule is Cc1cnn(-c2nc3sccn3c2CNC(C)(C)C)c1. The highest BCUT2D eigenvalue weighted by atomic mass is 32.1. The first kappa shape index (κ1) is 13.3. The molecule has 0 aromatic carbocycles. The summed E-state index contributed by atoms with van der Waals surface area (Å²) in [7, 11) is 0. The van der Waals surface area contributed by atoms with E-state index in [1.165, 1.54) is 0 Å². The Morgan fingerprint density at radius 1 is 1.35 bits per heavy atom. The number of fused-ring (bicyclic) bond motifs is 1. The molecule has 3 heterocycles. The van der Waals surface area contributed by atoms with Gasteiger partial charge >= 0.3 is 0 Å². The number of aryl methyl sites for hydroxylation is 1. The molecule has 20 heavy (non-hydrogen) atoms. The van der Waals surface area contributed by atoms with Crippen LogP contribution in [0.25, 0.3) is 10.8 Å². The van der Waals surface area contributed by atoms with Crippen LogP contribution in [0.3, 0.4) is 0 Å². The average Bonchev–Trinajstić information content (AvgIpc) is 2.99. The van der Waals surface area contributed by atoms with Crippen LogP contribution >= 0.6 is 11.3 Å². The largest absolute Gasteiger partial charge is 0.306 e. The van der Waals surface area contributed by atoms with E-state index in [1.807, 2.05) is 24.0 Å². The predicted octanol–water partition coefficient (Wildman–Crippen LogP) is 2.78. The number of aromatic nitrogens is 4. The van der Waals surface area contributed by atoms with Gasteiger partial charge in [0, 0.05) is 29.9 Å². The Kier molecular flexibility index (Phi) is 3.14. The maximum absolute atomic E-state index is 4.70. The normalized spacial score (nSPS) is 12.4. The monoisotopic (exact) mass is 289 g/mol. The van der Waals surface area contributed by atoms with Gasteiger partial charge in [-0.05, 0) is 33.3 Å². The van der Waals surface area contributed by atoms with Crippen LogP contribution in [0.2, 0.25) is 0 Å². The maximum atomic E-state index is 4.70. The van der Waals surface area contributed by atoms with E-state index in [0.29, 0.717) is 0 Å². The molecule has 3 rings (SSSR count). The Morgan fingerprint density at radius 3 is 2.80 bits per heavy atom. The summed E-state index contributed by atoms with van der Waals surface area (Å²) in [5.41, 5.74) is 2.34. The lowest BCUT2D eigenvalue weighted by molar-refractivity contribution is 0.420. The Morgan fingerprint density at radius 2 is 2.15 bits per heavy atom. The first-order chi connectivity index (χ1) is 9.44. The average molecular weight is 289 g/mol. The fourth-order valence-corrected chi connectivity index (χ4v) is 2.77. The molecule has 6 heteroatoms. The minimum Gasteiger partial charge on any atom is -0.306 e. The van der Waals surface area contributed by atoms with E-state index in [4.69, 9.17) is 4.98 Å². The van der Waals surface area contributed by atoms with Crippen LogP contribution in [0.1, 0.15) is 32.0 Å². The second-order valence-corrected chi connectivity index (χ2v) is 6.88. The summed E-state index contributed by atoms with van der Waals surface area (Å²) >= 11 is 1.64. The van der Waals surface area contributed by atoms with Crippen molar-refractivity contribution >= 4 is 16.3 Å². The van der Waals surface area contributed by atoms with Gasteiger partial charge in [-0.25, -0.2) is 4.68 Å². The zero-order valence-electron chi connectivity index (χ0n) is 12.2. The van der Waals surface area contributed by atoms with Gasteiger partial charge in [-0.3, -0.25) is 4.40 Å². The molecule has 5 nitrogen and oxygen atoms in total. The minimum absolute atomic E-state index is 0.0669. The van der Waals surface area contributed by atoms with E-state index < -0.39 is 0 Å². The van der Waals surface area contributed by atoms with Gasteiger partial charge in [0.1, 0.15) is 0 Å². The van der Waals surface area contributed by atoms with E-state index in [0.717, 1.165) is 28.6 Å². The van der Waals surface area contributed by atoms with Crippen molar-refractivity contribution in [2.24, 2.45) is 0 Å². The molecule has 0 saturated carbocycles. The molecular formula is C14H19N5S. The maximum Gasteiger partial charge on any atom is 0.196 e. The second-order valence-electron chi connectivity index (χ2n) is 6.00. The number of nitrogens with zero attached hydrogens (tertiary/aromatic N) is 4. The molecule has 0 unspecified atom stereocenters. The van der Waals surface area contributed by atoms with E-state index in [1.54, 1.807) is 11.3 Å². The Hall–Kier alpha value is -1.66. The van der Waals surface area contributed by atoms with E-state index in [-0.39, 0.29) is 5.54 Å². The lowest BCUT2D eigenvalue weighted by Gasteiger charge is -2.20. The minimum atomic E-state index is 0.0669. The van der Waals surface area contributed by atoms with E-state index in [2.05, 4.69) is 47.2 Å². The molecule has 106 valence electrons. The third-order valence-corrected chi connectivity index (χ3v) is 3.81. The molecule has 0 aliphatic rings. The molecule has 3 aromatic rings. The Balaban J connectivity index is 2.04. The molecule has 0 spiro atoms. The lowest BCUT2D eigenvalue weighted by atomic mass is 10.1. The highest BCUT2D eigenvalue weighted by molar-refractivity contribution is 7.15. The van der Waals surface area contributed by atoms with E-state index in [9.17, 15) is 0 Å². The summed E-state index contributed by atoms with van der Waals surface area (Å²) in [6.45, 7) is 9.29. The quantitative estimate of drug-likeness (QED) is 0.806. The second kappa shape index (κ2) is 4.71.